The second kappa shape index (κ2) is 7.45. The minimum atomic E-state index is 0.0152. The molecule has 0 atom stereocenters. The summed E-state index contributed by atoms with van der Waals surface area (Å²) in [4.78, 5) is 22.9. The van der Waals surface area contributed by atoms with Gasteiger partial charge in [0.2, 0.25) is 11.0 Å². The predicted molar refractivity (Wildman–Crippen MR) is 89.5 cm³/mol. The van der Waals surface area contributed by atoms with E-state index >= 15 is 0 Å². The van der Waals surface area contributed by atoms with E-state index in [0.29, 0.717) is 5.13 Å². The Hall–Kier alpha value is -2.09. The molecule has 2 aromatic rings. The van der Waals surface area contributed by atoms with E-state index < -0.39 is 0 Å². The summed E-state index contributed by atoms with van der Waals surface area (Å²) in [6.45, 7) is 3.73. The van der Waals surface area contributed by atoms with E-state index in [0.717, 1.165) is 49.6 Å². The summed E-state index contributed by atoms with van der Waals surface area (Å²) >= 11 is 1.46. The first-order valence-electron chi connectivity index (χ1n) is 7.90. The van der Waals surface area contributed by atoms with Crippen LogP contribution in [-0.4, -0.2) is 39.2 Å². The third-order valence-corrected chi connectivity index (χ3v) is 4.80. The molecule has 2 aromatic heterocycles. The molecule has 0 aliphatic carbocycles. The zero-order chi connectivity index (χ0) is 16.1. The standard InChI is InChI=1S/C15H20N6OS/c1-2-3-13-19-20-15(23-13)18-14(22)11-4-8-21(9-5-11)12-10-16-6-7-17-12/h6-7,10-11H,2-5,8-9H2,1H3,(H,18,20,22). The van der Waals surface area contributed by atoms with E-state index in [9.17, 15) is 4.79 Å². The summed E-state index contributed by atoms with van der Waals surface area (Å²) in [5, 5.41) is 12.6. The van der Waals surface area contributed by atoms with Crippen molar-refractivity contribution in [2.45, 2.75) is 32.6 Å². The minimum absolute atomic E-state index is 0.0152. The van der Waals surface area contributed by atoms with Crippen molar-refractivity contribution in [1.82, 2.24) is 20.2 Å². The lowest BCUT2D eigenvalue weighted by atomic mass is 9.96. The Balaban J connectivity index is 1.51. The molecule has 1 amide bonds. The number of anilines is 2. The number of carbonyl (C=O) groups excluding carboxylic acids is 1. The molecule has 0 spiro atoms. The number of amides is 1. The van der Waals surface area contributed by atoms with E-state index in [1.807, 2.05) is 0 Å². The van der Waals surface area contributed by atoms with Gasteiger partial charge in [0.15, 0.2) is 0 Å². The van der Waals surface area contributed by atoms with E-state index in [4.69, 9.17) is 0 Å². The molecule has 3 heterocycles. The normalized spacial score (nSPS) is 15.6. The third-order valence-electron chi connectivity index (χ3n) is 3.90. The molecule has 3 rings (SSSR count). The maximum atomic E-state index is 12.4. The molecule has 1 saturated heterocycles. The lowest BCUT2D eigenvalue weighted by molar-refractivity contribution is -0.120. The van der Waals surface area contributed by atoms with Crippen LogP contribution < -0.4 is 10.2 Å². The first-order valence-corrected chi connectivity index (χ1v) is 8.72. The van der Waals surface area contributed by atoms with Gasteiger partial charge in [-0.3, -0.25) is 9.78 Å². The lowest BCUT2D eigenvalue weighted by Gasteiger charge is -2.31. The predicted octanol–water partition coefficient (Wildman–Crippen LogP) is 2.14. The molecule has 7 nitrogen and oxygen atoms in total. The van der Waals surface area contributed by atoms with Gasteiger partial charge in [-0.2, -0.15) is 0 Å². The Labute approximate surface area is 139 Å². The van der Waals surface area contributed by atoms with Crippen LogP contribution in [0.5, 0.6) is 0 Å². The SMILES string of the molecule is CCCc1nnc(NC(=O)C2CCN(c3cnccn3)CC2)s1. The van der Waals surface area contributed by atoms with Crippen LogP contribution in [0.2, 0.25) is 0 Å². The molecule has 23 heavy (non-hydrogen) atoms. The highest BCUT2D eigenvalue weighted by Gasteiger charge is 2.26. The summed E-state index contributed by atoms with van der Waals surface area (Å²) in [5.41, 5.74) is 0. The number of piperidine rings is 1. The highest BCUT2D eigenvalue weighted by atomic mass is 32.1. The fourth-order valence-electron chi connectivity index (χ4n) is 2.65. The van der Waals surface area contributed by atoms with Crippen molar-refractivity contribution in [3.8, 4) is 0 Å². The van der Waals surface area contributed by atoms with Gasteiger partial charge >= 0.3 is 0 Å². The van der Waals surface area contributed by atoms with Gasteiger partial charge in [0.25, 0.3) is 0 Å². The molecule has 1 aliphatic heterocycles. The fourth-order valence-corrected chi connectivity index (χ4v) is 3.50. The quantitative estimate of drug-likeness (QED) is 0.903. The Morgan fingerprint density at radius 1 is 1.35 bits per heavy atom. The van der Waals surface area contributed by atoms with E-state index in [1.165, 1.54) is 11.3 Å². The first-order chi connectivity index (χ1) is 11.3. The number of hydrogen-bond acceptors (Lipinski definition) is 7. The Morgan fingerprint density at radius 3 is 2.87 bits per heavy atom. The van der Waals surface area contributed by atoms with Crippen LogP contribution in [0.25, 0.3) is 0 Å². The summed E-state index contributed by atoms with van der Waals surface area (Å²) in [6, 6.07) is 0. The maximum Gasteiger partial charge on any atom is 0.229 e. The first kappa shape index (κ1) is 15.8. The van der Waals surface area contributed by atoms with Gasteiger partial charge in [-0.05, 0) is 19.3 Å². The van der Waals surface area contributed by atoms with Gasteiger partial charge in [-0.25, -0.2) is 4.98 Å². The number of carbonyl (C=O) groups is 1. The number of aromatic nitrogens is 4. The van der Waals surface area contributed by atoms with Gasteiger partial charge in [0, 0.05) is 37.8 Å². The van der Waals surface area contributed by atoms with Gasteiger partial charge in [-0.1, -0.05) is 18.3 Å². The van der Waals surface area contributed by atoms with Crippen molar-refractivity contribution in [2.24, 2.45) is 5.92 Å². The maximum absolute atomic E-state index is 12.4. The van der Waals surface area contributed by atoms with Crippen molar-refractivity contribution >= 4 is 28.2 Å². The second-order valence-electron chi connectivity index (χ2n) is 5.57. The van der Waals surface area contributed by atoms with Crippen LogP contribution in [0.4, 0.5) is 10.9 Å². The molecule has 8 heteroatoms. The monoisotopic (exact) mass is 332 g/mol. The van der Waals surface area contributed by atoms with Crippen LogP contribution >= 0.6 is 11.3 Å². The molecular weight excluding hydrogens is 312 g/mol. The summed E-state index contributed by atoms with van der Waals surface area (Å²) in [5.74, 6) is 0.934. The van der Waals surface area contributed by atoms with Crippen LogP contribution in [0.1, 0.15) is 31.2 Å². The van der Waals surface area contributed by atoms with E-state index in [-0.39, 0.29) is 11.8 Å². The van der Waals surface area contributed by atoms with Gasteiger partial charge in [0.05, 0.1) is 6.20 Å². The number of nitrogens with one attached hydrogen (secondary N) is 1. The highest BCUT2D eigenvalue weighted by Crippen LogP contribution is 2.23. The second-order valence-corrected chi connectivity index (χ2v) is 6.63. The van der Waals surface area contributed by atoms with Crippen molar-refractivity contribution in [3.05, 3.63) is 23.6 Å². The van der Waals surface area contributed by atoms with Crippen molar-refractivity contribution < 1.29 is 4.79 Å². The molecular formula is C15H20N6OS. The smallest absolute Gasteiger partial charge is 0.229 e. The molecule has 0 aromatic carbocycles. The minimum Gasteiger partial charge on any atom is -0.355 e. The van der Waals surface area contributed by atoms with Gasteiger partial charge < -0.3 is 10.2 Å². The summed E-state index contributed by atoms with van der Waals surface area (Å²) in [6.07, 6.45) is 8.67. The Kier molecular flexibility index (Phi) is 5.12. The number of aryl methyl sites for hydroxylation is 1. The molecule has 122 valence electrons. The topological polar surface area (TPSA) is 83.9 Å². The van der Waals surface area contributed by atoms with Gasteiger partial charge in [0.1, 0.15) is 10.8 Å². The molecule has 1 aliphatic rings. The number of rotatable bonds is 5. The fraction of sp³-hybridized carbons (Fsp3) is 0.533. The number of hydrogen-bond donors (Lipinski definition) is 1. The Bertz CT molecular complexity index is 638. The van der Waals surface area contributed by atoms with E-state index in [1.54, 1.807) is 18.6 Å². The average molecular weight is 332 g/mol. The molecule has 0 radical (unpaired) electrons. The zero-order valence-corrected chi connectivity index (χ0v) is 13.9. The zero-order valence-electron chi connectivity index (χ0n) is 13.1. The lowest BCUT2D eigenvalue weighted by Crippen LogP contribution is -2.38. The molecule has 1 fully saturated rings. The van der Waals surface area contributed by atoms with Gasteiger partial charge in [-0.15, -0.1) is 10.2 Å². The van der Waals surface area contributed by atoms with Crippen LogP contribution in [-0.2, 0) is 11.2 Å². The summed E-state index contributed by atoms with van der Waals surface area (Å²) in [7, 11) is 0. The molecule has 0 unspecified atom stereocenters. The van der Waals surface area contributed by atoms with Crippen LogP contribution in [0.15, 0.2) is 18.6 Å². The van der Waals surface area contributed by atoms with Crippen molar-refractivity contribution in [3.63, 3.8) is 0 Å². The van der Waals surface area contributed by atoms with Crippen LogP contribution in [0.3, 0.4) is 0 Å². The number of nitrogens with zero attached hydrogens (tertiary/aromatic N) is 5. The molecule has 0 bridgehead atoms. The highest BCUT2D eigenvalue weighted by molar-refractivity contribution is 7.15. The molecule has 1 N–H and O–H groups in total. The average Bonchev–Trinajstić information content (AvgIpc) is 3.03. The summed E-state index contributed by atoms with van der Waals surface area (Å²) < 4.78 is 0. The molecule has 0 saturated carbocycles. The van der Waals surface area contributed by atoms with Crippen molar-refractivity contribution in [1.29, 1.82) is 0 Å². The van der Waals surface area contributed by atoms with Crippen molar-refractivity contribution in [2.75, 3.05) is 23.3 Å². The largest absolute Gasteiger partial charge is 0.355 e. The Morgan fingerprint density at radius 2 is 2.17 bits per heavy atom. The van der Waals surface area contributed by atoms with E-state index in [2.05, 4.69) is 37.3 Å². The third kappa shape index (κ3) is 4.01. The van der Waals surface area contributed by atoms with Crippen LogP contribution in [0, 0.1) is 5.92 Å².